The molecule has 0 unspecified atom stereocenters. The molecule has 25 heavy (non-hydrogen) atoms. The minimum atomic E-state index is -3.67. The number of benzene rings is 2. The monoisotopic (exact) mass is 364 g/mol. The summed E-state index contributed by atoms with van der Waals surface area (Å²) in [5, 5.41) is 2.80. The van der Waals surface area contributed by atoms with Crippen molar-refractivity contribution in [3.05, 3.63) is 66.0 Å². The van der Waals surface area contributed by atoms with Gasteiger partial charge in [0, 0.05) is 26.6 Å². The van der Waals surface area contributed by atoms with Crippen molar-refractivity contribution in [3.63, 3.8) is 0 Å². The second kappa shape index (κ2) is 8.73. The molecule has 0 heterocycles. The summed E-state index contributed by atoms with van der Waals surface area (Å²) in [7, 11) is -2.23. The molecule has 0 atom stereocenters. The fourth-order valence-electron chi connectivity index (χ4n) is 2.25. The average Bonchev–Trinajstić information content (AvgIpc) is 2.61. The van der Waals surface area contributed by atoms with Crippen LogP contribution in [-0.2, 0) is 21.4 Å². The predicted molar refractivity (Wildman–Crippen MR) is 93.7 cm³/mol. The third-order valence-electron chi connectivity index (χ3n) is 3.73. The van der Waals surface area contributed by atoms with Gasteiger partial charge in [-0.1, -0.05) is 30.3 Å². The molecule has 134 valence electrons. The Morgan fingerprint density at radius 1 is 1.08 bits per heavy atom. The molecule has 2 aromatic carbocycles. The number of nitrogens with zero attached hydrogens (tertiary/aromatic N) is 1. The Hall–Kier alpha value is -2.25. The number of hydrogen-bond acceptors (Lipinski definition) is 3. The number of carbonyl (C=O) groups excluding carboxylic acids is 1. The molecule has 0 radical (unpaired) electrons. The zero-order chi connectivity index (χ0) is 18.3. The molecule has 2 rings (SSSR count). The zero-order valence-corrected chi connectivity index (χ0v) is 14.8. The molecule has 0 fully saturated rings. The van der Waals surface area contributed by atoms with Crippen molar-refractivity contribution in [2.45, 2.75) is 24.3 Å². The van der Waals surface area contributed by atoms with Crippen molar-refractivity contribution in [2.75, 3.05) is 13.6 Å². The number of nitrogens with one attached hydrogen (secondary N) is 1. The van der Waals surface area contributed by atoms with E-state index in [0.717, 1.165) is 17.7 Å². The van der Waals surface area contributed by atoms with E-state index in [1.54, 1.807) is 0 Å². The van der Waals surface area contributed by atoms with Gasteiger partial charge in [0.25, 0.3) is 0 Å². The fourth-order valence-corrected chi connectivity index (χ4v) is 3.46. The summed E-state index contributed by atoms with van der Waals surface area (Å²) in [5.41, 5.74) is 1.01. The maximum absolute atomic E-state index is 12.9. The lowest BCUT2D eigenvalue weighted by molar-refractivity contribution is -0.121. The Bertz CT molecular complexity index is 793. The summed E-state index contributed by atoms with van der Waals surface area (Å²) in [6.45, 7) is 0.655. The van der Waals surface area contributed by atoms with Crippen LogP contribution >= 0.6 is 0 Å². The third-order valence-corrected chi connectivity index (χ3v) is 5.60. The highest BCUT2D eigenvalue weighted by atomic mass is 32.2. The number of amides is 1. The van der Waals surface area contributed by atoms with Gasteiger partial charge in [-0.05, 0) is 36.2 Å². The molecular formula is C18H21FN2O3S. The molecule has 0 saturated heterocycles. The third kappa shape index (κ3) is 5.65. The van der Waals surface area contributed by atoms with Gasteiger partial charge in [0.05, 0.1) is 4.90 Å². The van der Waals surface area contributed by atoms with Crippen LogP contribution in [0.5, 0.6) is 0 Å². The number of halogens is 1. The Kier molecular flexibility index (Phi) is 6.66. The lowest BCUT2D eigenvalue weighted by Crippen LogP contribution is -2.29. The van der Waals surface area contributed by atoms with Gasteiger partial charge < -0.3 is 5.32 Å². The van der Waals surface area contributed by atoms with Crippen molar-refractivity contribution in [1.82, 2.24) is 9.62 Å². The van der Waals surface area contributed by atoms with Gasteiger partial charge >= 0.3 is 0 Å². The van der Waals surface area contributed by atoms with Crippen LogP contribution in [-0.4, -0.2) is 32.2 Å². The summed E-state index contributed by atoms with van der Waals surface area (Å²) < 4.78 is 38.7. The molecule has 5 nitrogen and oxygen atoms in total. The zero-order valence-electron chi connectivity index (χ0n) is 14.0. The number of hydrogen-bond donors (Lipinski definition) is 1. The van der Waals surface area contributed by atoms with Crippen molar-refractivity contribution in [3.8, 4) is 0 Å². The lowest BCUT2D eigenvalue weighted by atomic mass is 10.2. The second-order valence-corrected chi connectivity index (χ2v) is 7.69. The van der Waals surface area contributed by atoms with E-state index in [9.17, 15) is 17.6 Å². The van der Waals surface area contributed by atoms with Gasteiger partial charge in [0.2, 0.25) is 15.9 Å². The molecule has 7 heteroatoms. The van der Waals surface area contributed by atoms with Crippen LogP contribution in [0.15, 0.2) is 59.5 Å². The summed E-state index contributed by atoms with van der Waals surface area (Å²) in [5.74, 6) is -0.617. The summed E-state index contributed by atoms with van der Waals surface area (Å²) >= 11 is 0. The van der Waals surface area contributed by atoms with Gasteiger partial charge in [-0.25, -0.2) is 17.1 Å². The van der Waals surface area contributed by atoms with Crippen LogP contribution in [0.25, 0.3) is 0 Å². The van der Waals surface area contributed by atoms with Crippen molar-refractivity contribution in [1.29, 1.82) is 0 Å². The van der Waals surface area contributed by atoms with E-state index in [-0.39, 0.29) is 23.8 Å². The topological polar surface area (TPSA) is 66.5 Å². The van der Waals surface area contributed by atoms with Crippen LogP contribution in [0.3, 0.4) is 0 Å². The van der Waals surface area contributed by atoms with Gasteiger partial charge in [0.1, 0.15) is 5.82 Å². The highest BCUT2D eigenvalue weighted by Gasteiger charge is 2.20. The van der Waals surface area contributed by atoms with Crippen LogP contribution in [0.1, 0.15) is 18.4 Å². The van der Waals surface area contributed by atoms with E-state index in [1.807, 2.05) is 30.3 Å². The molecule has 0 aliphatic heterocycles. The molecular weight excluding hydrogens is 343 g/mol. The van der Waals surface area contributed by atoms with Crippen LogP contribution in [0.4, 0.5) is 4.39 Å². The van der Waals surface area contributed by atoms with Gasteiger partial charge in [-0.2, -0.15) is 0 Å². The average molecular weight is 364 g/mol. The lowest BCUT2D eigenvalue weighted by Gasteiger charge is -2.17. The molecule has 0 saturated carbocycles. The number of sulfonamides is 1. The minimum Gasteiger partial charge on any atom is -0.352 e. The van der Waals surface area contributed by atoms with E-state index in [0.29, 0.717) is 13.0 Å². The summed E-state index contributed by atoms with van der Waals surface area (Å²) in [6, 6.07) is 14.2. The highest BCUT2D eigenvalue weighted by molar-refractivity contribution is 7.89. The predicted octanol–water partition coefficient (Wildman–Crippen LogP) is 2.54. The Balaban J connectivity index is 1.78. The molecule has 1 amide bonds. The Labute approximate surface area is 147 Å². The van der Waals surface area contributed by atoms with E-state index >= 15 is 0 Å². The van der Waals surface area contributed by atoms with Crippen LogP contribution in [0, 0.1) is 5.82 Å². The minimum absolute atomic E-state index is 0.0323. The first-order chi connectivity index (χ1) is 11.9. The highest BCUT2D eigenvalue weighted by Crippen LogP contribution is 2.15. The molecule has 0 spiro atoms. The Morgan fingerprint density at radius 3 is 2.36 bits per heavy atom. The van der Waals surface area contributed by atoms with E-state index in [2.05, 4.69) is 5.32 Å². The molecule has 2 aromatic rings. The summed E-state index contributed by atoms with van der Waals surface area (Å²) in [6.07, 6.45) is 0.633. The smallest absolute Gasteiger partial charge is 0.242 e. The van der Waals surface area contributed by atoms with Crippen LogP contribution < -0.4 is 5.32 Å². The maximum Gasteiger partial charge on any atom is 0.242 e. The van der Waals surface area contributed by atoms with Gasteiger partial charge in [-0.3, -0.25) is 4.79 Å². The molecule has 0 aliphatic rings. The number of carbonyl (C=O) groups is 1. The van der Waals surface area contributed by atoms with E-state index in [4.69, 9.17) is 0 Å². The van der Waals surface area contributed by atoms with Crippen molar-refractivity contribution >= 4 is 15.9 Å². The standard InChI is InChI=1S/C18H21FN2O3S/c1-21(25(23,24)17-11-9-16(19)10-12-17)13-5-8-18(22)20-14-15-6-3-2-4-7-15/h2-4,6-7,9-12H,5,8,13-14H2,1H3,(H,20,22). The first-order valence-corrected chi connectivity index (χ1v) is 9.36. The van der Waals surface area contributed by atoms with E-state index in [1.165, 1.54) is 23.5 Å². The molecule has 1 N–H and O–H groups in total. The van der Waals surface area contributed by atoms with Gasteiger partial charge in [-0.15, -0.1) is 0 Å². The maximum atomic E-state index is 12.9. The van der Waals surface area contributed by atoms with Crippen LogP contribution in [0.2, 0.25) is 0 Å². The Morgan fingerprint density at radius 2 is 1.72 bits per heavy atom. The van der Waals surface area contributed by atoms with Crippen molar-refractivity contribution < 1.29 is 17.6 Å². The van der Waals surface area contributed by atoms with Crippen molar-refractivity contribution in [2.24, 2.45) is 0 Å². The van der Waals surface area contributed by atoms with Gasteiger partial charge in [0.15, 0.2) is 0 Å². The normalized spacial score (nSPS) is 11.5. The molecule has 0 bridgehead atoms. The first-order valence-electron chi connectivity index (χ1n) is 7.92. The number of rotatable bonds is 8. The first kappa shape index (κ1) is 19.1. The largest absolute Gasteiger partial charge is 0.352 e. The SMILES string of the molecule is CN(CCCC(=O)NCc1ccccc1)S(=O)(=O)c1ccc(F)cc1. The molecule has 0 aliphatic carbocycles. The molecule has 0 aromatic heterocycles. The quantitative estimate of drug-likeness (QED) is 0.783. The second-order valence-electron chi connectivity index (χ2n) is 5.65. The fraction of sp³-hybridized carbons (Fsp3) is 0.278. The van der Waals surface area contributed by atoms with E-state index < -0.39 is 15.8 Å². The summed E-state index contributed by atoms with van der Waals surface area (Å²) in [4.78, 5) is 11.9.